The monoisotopic (exact) mass is 280 g/mol. The maximum atomic E-state index is 12.0. The predicted molar refractivity (Wildman–Crippen MR) is 80.2 cm³/mol. The van der Waals surface area contributed by atoms with E-state index < -0.39 is 0 Å². The van der Waals surface area contributed by atoms with Crippen molar-refractivity contribution in [3.8, 4) is 6.07 Å². The Kier molecular flexibility index (Phi) is 4.94. The molecule has 0 saturated heterocycles. The number of aryl methyl sites for hydroxylation is 1. The van der Waals surface area contributed by atoms with Gasteiger partial charge in [0.2, 0.25) is 0 Å². The fourth-order valence-electron chi connectivity index (χ4n) is 1.87. The SMILES string of the molecule is Cc1ccoc1/C=C(\C#N)C(=O)NCCc1ccccc1. The molecule has 0 spiro atoms. The Bertz CT molecular complexity index is 678. The first-order valence-electron chi connectivity index (χ1n) is 6.68. The van der Waals surface area contributed by atoms with Crippen LogP contribution in [0.15, 0.2) is 52.7 Å². The van der Waals surface area contributed by atoms with Crippen LogP contribution < -0.4 is 5.32 Å². The molecule has 1 aromatic carbocycles. The number of hydrogen-bond acceptors (Lipinski definition) is 3. The van der Waals surface area contributed by atoms with Crippen molar-refractivity contribution in [1.82, 2.24) is 5.32 Å². The molecule has 1 N–H and O–H groups in total. The first-order chi connectivity index (χ1) is 10.2. The van der Waals surface area contributed by atoms with E-state index in [-0.39, 0.29) is 11.5 Å². The quantitative estimate of drug-likeness (QED) is 0.676. The highest BCUT2D eigenvalue weighted by Gasteiger charge is 2.10. The number of hydrogen-bond donors (Lipinski definition) is 1. The zero-order valence-corrected chi connectivity index (χ0v) is 11.8. The molecule has 0 fully saturated rings. The lowest BCUT2D eigenvalue weighted by Crippen LogP contribution is -2.26. The minimum absolute atomic E-state index is 0.0427. The fourth-order valence-corrected chi connectivity index (χ4v) is 1.87. The van der Waals surface area contributed by atoms with Crippen molar-refractivity contribution in [2.75, 3.05) is 6.54 Å². The van der Waals surface area contributed by atoms with E-state index in [2.05, 4.69) is 5.32 Å². The number of carbonyl (C=O) groups is 1. The molecule has 21 heavy (non-hydrogen) atoms. The van der Waals surface area contributed by atoms with Crippen molar-refractivity contribution >= 4 is 12.0 Å². The molecule has 2 aromatic rings. The summed E-state index contributed by atoms with van der Waals surface area (Å²) in [4.78, 5) is 12.0. The topological polar surface area (TPSA) is 66.0 Å². The summed E-state index contributed by atoms with van der Waals surface area (Å²) in [5, 5.41) is 11.8. The van der Waals surface area contributed by atoms with Gasteiger partial charge in [-0.05, 0) is 30.5 Å². The Balaban J connectivity index is 1.94. The molecule has 1 heterocycles. The maximum Gasteiger partial charge on any atom is 0.262 e. The lowest BCUT2D eigenvalue weighted by Gasteiger charge is -2.04. The molecule has 0 atom stereocenters. The minimum atomic E-state index is -0.385. The first-order valence-corrected chi connectivity index (χ1v) is 6.68. The molecule has 1 amide bonds. The summed E-state index contributed by atoms with van der Waals surface area (Å²) in [6, 6.07) is 13.6. The second-order valence-electron chi connectivity index (χ2n) is 4.63. The molecule has 0 aliphatic carbocycles. The van der Waals surface area contributed by atoms with E-state index in [0.29, 0.717) is 12.3 Å². The van der Waals surface area contributed by atoms with Gasteiger partial charge in [0.15, 0.2) is 0 Å². The molecule has 4 nitrogen and oxygen atoms in total. The molecule has 0 unspecified atom stereocenters. The van der Waals surface area contributed by atoms with Gasteiger partial charge in [-0.1, -0.05) is 30.3 Å². The molecule has 106 valence electrons. The number of rotatable bonds is 5. The third-order valence-corrected chi connectivity index (χ3v) is 3.08. The van der Waals surface area contributed by atoms with Crippen LogP contribution in [0, 0.1) is 18.3 Å². The third kappa shape index (κ3) is 4.08. The van der Waals surface area contributed by atoms with Crippen LogP contribution in [-0.4, -0.2) is 12.5 Å². The summed E-state index contributed by atoms with van der Waals surface area (Å²) >= 11 is 0. The molecule has 0 bridgehead atoms. The van der Waals surface area contributed by atoms with E-state index in [0.717, 1.165) is 17.5 Å². The van der Waals surface area contributed by atoms with E-state index in [1.165, 1.54) is 12.3 Å². The maximum absolute atomic E-state index is 12.0. The number of amides is 1. The Morgan fingerprint density at radius 2 is 2.10 bits per heavy atom. The summed E-state index contributed by atoms with van der Waals surface area (Å²) in [7, 11) is 0. The van der Waals surface area contributed by atoms with Crippen LogP contribution in [0.1, 0.15) is 16.9 Å². The highest BCUT2D eigenvalue weighted by molar-refractivity contribution is 6.01. The van der Waals surface area contributed by atoms with Gasteiger partial charge in [0.05, 0.1) is 6.26 Å². The lowest BCUT2D eigenvalue weighted by molar-refractivity contribution is -0.117. The van der Waals surface area contributed by atoms with Crippen molar-refractivity contribution in [1.29, 1.82) is 5.26 Å². The zero-order valence-electron chi connectivity index (χ0n) is 11.8. The van der Waals surface area contributed by atoms with Crippen LogP contribution in [0.2, 0.25) is 0 Å². The van der Waals surface area contributed by atoms with Gasteiger partial charge in [0.25, 0.3) is 5.91 Å². The van der Waals surface area contributed by atoms with Crippen LogP contribution >= 0.6 is 0 Å². The van der Waals surface area contributed by atoms with Crippen molar-refractivity contribution in [3.63, 3.8) is 0 Å². The van der Waals surface area contributed by atoms with Crippen molar-refractivity contribution in [3.05, 3.63) is 65.1 Å². The van der Waals surface area contributed by atoms with E-state index >= 15 is 0 Å². The molecule has 2 rings (SSSR count). The van der Waals surface area contributed by atoms with Crippen molar-refractivity contribution < 1.29 is 9.21 Å². The average Bonchev–Trinajstić information content (AvgIpc) is 2.91. The summed E-state index contributed by atoms with van der Waals surface area (Å²) in [5.41, 5.74) is 2.07. The normalized spacial score (nSPS) is 11.0. The summed E-state index contributed by atoms with van der Waals surface area (Å²) < 4.78 is 5.21. The van der Waals surface area contributed by atoms with Gasteiger partial charge in [-0.2, -0.15) is 5.26 Å². The Hall–Kier alpha value is -2.80. The molecule has 4 heteroatoms. The van der Waals surface area contributed by atoms with Gasteiger partial charge in [-0.15, -0.1) is 0 Å². The summed E-state index contributed by atoms with van der Waals surface area (Å²) in [6.45, 7) is 2.34. The molecule has 0 radical (unpaired) electrons. The second-order valence-corrected chi connectivity index (χ2v) is 4.63. The lowest BCUT2D eigenvalue weighted by atomic mass is 10.1. The Morgan fingerprint density at radius 1 is 1.33 bits per heavy atom. The summed E-state index contributed by atoms with van der Waals surface area (Å²) in [5.74, 6) is 0.147. The smallest absolute Gasteiger partial charge is 0.262 e. The predicted octanol–water partition coefficient (Wildman–Crippen LogP) is 2.85. The van der Waals surface area contributed by atoms with Gasteiger partial charge in [-0.25, -0.2) is 0 Å². The highest BCUT2D eigenvalue weighted by atomic mass is 16.3. The number of nitrogens with one attached hydrogen (secondary N) is 1. The first kappa shape index (κ1) is 14.6. The molecule has 0 aliphatic rings. The van der Waals surface area contributed by atoms with Gasteiger partial charge in [0.1, 0.15) is 17.4 Å². The van der Waals surface area contributed by atoms with Gasteiger partial charge in [0, 0.05) is 12.6 Å². The van der Waals surface area contributed by atoms with Crippen LogP contribution in [0.4, 0.5) is 0 Å². The molecule has 0 saturated carbocycles. The van der Waals surface area contributed by atoms with Gasteiger partial charge in [-0.3, -0.25) is 4.79 Å². The summed E-state index contributed by atoms with van der Waals surface area (Å²) in [6.07, 6.45) is 3.72. The Morgan fingerprint density at radius 3 is 2.71 bits per heavy atom. The Labute approximate surface area is 123 Å². The standard InChI is InChI=1S/C17H16N2O2/c1-13-8-10-21-16(13)11-15(12-18)17(20)19-9-7-14-5-3-2-4-6-14/h2-6,8,10-11H,7,9H2,1H3,(H,19,20)/b15-11+. The van der Waals surface area contributed by atoms with Crippen LogP contribution in [0.25, 0.3) is 6.08 Å². The average molecular weight is 280 g/mol. The van der Waals surface area contributed by atoms with E-state index in [1.54, 1.807) is 6.07 Å². The zero-order chi connectivity index (χ0) is 15.1. The van der Waals surface area contributed by atoms with E-state index in [9.17, 15) is 4.79 Å². The number of carbonyl (C=O) groups excluding carboxylic acids is 1. The number of nitriles is 1. The van der Waals surface area contributed by atoms with Gasteiger partial charge >= 0.3 is 0 Å². The fraction of sp³-hybridized carbons (Fsp3) is 0.176. The van der Waals surface area contributed by atoms with E-state index in [1.807, 2.05) is 43.3 Å². The second kappa shape index (κ2) is 7.11. The largest absolute Gasteiger partial charge is 0.465 e. The van der Waals surface area contributed by atoms with Gasteiger partial charge < -0.3 is 9.73 Å². The third-order valence-electron chi connectivity index (χ3n) is 3.08. The number of furan rings is 1. The molecule has 0 aliphatic heterocycles. The minimum Gasteiger partial charge on any atom is -0.465 e. The van der Waals surface area contributed by atoms with Crippen LogP contribution in [0.5, 0.6) is 0 Å². The van der Waals surface area contributed by atoms with Crippen LogP contribution in [-0.2, 0) is 11.2 Å². The molecule has 1 aromatic heterocycles. The van der Waals surface area contributed by atoms with Crippen LogP contribution in [0.3, 0.4) is 0 Å². The van der Waals surface area contributed by atoms with Crippen molar-refractivity contribution in [2.24, 2.45) is 0 Å². The van der Waals surface area contributed by atoms with Crippen molar-refractivity contribution in [2.45, 2.75) is 13.3 Å². The number of nitrogens with zero attached hydrogens (tertiary/aromatic N) is 1. The molecular formula is C17H16N2O2. The number of benzene rings is 1. The highest BCUT2D eigenvalue weighted by Crippen LogP contribution is 2.13. The van der Waals surface area contributed by atoms with E-state index in [4.69, 9.17) is 9.68 Å². The molecular weight excluding hydrogens is 264 g/mol.